The van der Waals surface area contributed by atoms with Crippen molar-refractivity contribution in [2.45, 2.75) is 38.4 Å². The summed E-state index contributed by atoms with van der Waals surface area (Å²) in [7, 11) is 2.12. The molecule has 0 fully saturated rings. The Hall–Kier alpha value is -1.85. The number of rotatable bonds is 5. The highest BCUT2D eigenvalue weighted by Crippen LogP contribution is 2.21. The zero-order valence-corrected chi connectivity index (χ0v) is 15.1. The number of hydrogen-bond acceptors (Lipinski definition) is 3. The number of nitrogens with one attached hydrogen (secondary N) is 2. The summed E-state index contributed by atoms with van der Waals surface area (Å²) in [5.74, 6) is 0. The van der Waals surface area contributed by atoms with Gasteiger partial charge < -0.3 is 10.6 Å². The molecule has 2 atom stereocenters. The van der Waals surface area contributed by atoms with Gasteiger partial charge in [0, 0.05) is 25.2 Å². The molecule has 2 heterocycles. The van der Waals surface area contributed by atoms with E-state index in [1.54, 1.807) is 11.3 Å². The molecule has 1 aliphatic rings. The lowest BCUT2D eigenvalue weighted by molar-refractivity contribution is 0.202. The molecule has 4 nitrogen and oxygen atoms in total. The molecule has 0 saturated carbocycles. The largest absolute Gasteiger partial charge is 0.337 e. The molecule has 3 rings (SSSR count). The molecule has 1 aromatic heterocycles. The van der Waals surface area contributed by atoms with Crippen LogP contribution in [-0.4, -0.2) is 36.6 Å². The number of carbonyl (C=O) groups is 1. The minimum absolute atomic E-state index is 0.0787. The van der Waals surface area contributed by atoms with E-state index in [1.165, 1.54) is 16.7 Å². The highest BCUT2D eigenvalue weighted by molar-refractivity contribution is 7.07. The Labute approximate surface area is 147 Å². The van der Waals surface area contributed by atoms with Crippen molar-refractivity contribution in [3.8, 4) is 0 Å². The highest BCUT2D eigenvalue weighted by Gasteiger charge is 2.23. The molecule has 2 N–H and O–H groups in total. The smallest absolute Gasteiger partial charge is 0.315 e. The summed E-state index contributed by atoms with van der Waals surface area (Å²) in [6.45, 7) is 3.65. The number of urea groups is 1. The molecule has 0 bridgehead atoms. The SMILES string of the molecule is CC(Cc1ccsc1)NC(=O)NCC1Cc2ccccc2CN1C. The van der Waals surface area contributed by atoms with Gasteiger partial charge in [-0.2, -0.15) is 11.3 Å². The normalized spacial score (nSPS) is 18.7. The van der Waals surface area contributed by atoms with E-state index >= 15 is 0 Å². The number of amides is 2. The average Bonchev–Trinajstić information content (AvgIpc) is 3.05. The van der Waals surface area contributed by atoms with Crippen LogP contribution in [0.25, 0.3) is 0 Å². The van der Waals surface area contributed by atoms with Crippen LogP contribution >= 0.6 is 11.3 Å². The Kier molecular flexibility index (Phi) is 5.53. The predicted octanol–water partition coefficient (Wildman–Crippen LogP) is 3.04. The zero-order chi connectivity index (χ0) is 16.9. The first kappa shape index (κ1) is 17.0. The number of benzene rings is 1. The minimum atomic E-state index is -0.0787. The van der Waals surface area contributed by atoms with E-state index in [2.05, 4.69) is 63.7 Å². The van der Waals surface area contributed by atoms with Crippen molar-refractivity contribution in [2.75, 3.05) is 13.6 Å². The van der Waals surface area contributed by atoms with Crippen molar-refractivity contribution in [2.24, 2.45) is 0 Å². The van der Waals surface area contributed by atoms with Crippen LogP contribution in [0.3, 0.4) is 0 Å². The fourth-order valence-electron chi connectivity index (χ4n) is 3.25. The lowest BCUT2D eigenvalue weighted by Gasteiger charge is -2.34. The average molecular weight is 343 g/mol. The molecule has 0 spiro atoms. The van der Waals surface area contributed by atoms with Gasteiger partial charge in [0.25, 0.3) is 0 Å². The van der Waals surface area contributed by atoms with E-state index in [1.807, 2.05) is 6.92 Å². The molecule has 5 heteroatoms. The van der Waals surface area contributed by atoms with Crippen LogP contribution in [-0.2, 0) is 19.4 Å². The highest BCUT2D eigenvalue weighted by atomic mass is 32.1. The summed E-state index contributed by atoms with van der Waals surface area (Å²) >= 11 is 1.69. The summed E-state index contributed by atoms with van der Waals surface area (Å²) in [4.78, 5) is 14.5. The minimum Gasteiger partial charge on any atom is -0.337 e. The summed E-state index contributed by atoms with van der Waals surface area (Å²) < 4.78 is 0. The van der Waals surface area contributed by atoms with Gasteiger partial charge in [-0.05, 0) is 60.3 Å². The van der Waals surface area contributed by atoms with Crippen molar-refractivity contribution in [1.82, 2.24) is 15.5 Å². The van der Waals surface area contributed by atoms with E-state index < -0.39 is 0 Å². The molecule has 24 heavy (non-hydrogen) atoms. The van der Waals surface area contributed by atoms with Gasteiger partial charge >= 0.3 is 6.03 Å². The van der Waals surface area contributed by atoms with Gasteiger partial charge in [0.1, 0.15) is 0 Å². The van der Waals surface area contributed by atoms with Crippen LogP contribution in [0, 0.1) is 0 Å². The van der Waals surface area contributed by atoms with Crippen LogP contribution < -0.4 is 10.6 Å². The Morgan fingerprint density at radius 3 is 2.88 bits per heavy atom. The van der Waals surface area contributed by atoms with Crippen molar-refractivity contribution < 1.29 is 4.79 Å². The maximum Gasteiger partial charge on any atom is 0.315 e. The number of likely N-dealkylation sites (N-methyl/N-ethyl adjacent to an activating group) is 1. The number of nitrogens with zero attached hydrogens (tertiary/aromatic N) is 1. The van der Waals surface area contributed by atoms with Crippen LogP contribution in [0.2, 0.25) is 0 Å². The maximum absolute atomic E-state index is 12.1. The molecule has 0 aliphatic carbocycles. The quantitative estimate of drug-likeness (QED) is 0.876. The number of hydrogen-bond donors (Lipinski definition) is 2. The van der Waals surface area contributed by atoms with Crippen molar-refractivity contribution in [3.63, 3.8) is 0 Å². The molecule has 1 aliphatic heterocycles. The van der Waals surface area contributed by atoms with Crippen molar-refractivity contribution in [1.29, 1.82) is 0 Å². The molecule has 0 radical (unpaired) electrons. The third-order valence-corrected chi connectivity index (χ3v) is 5.35. The second-order valence-corrected chi connectivity index (χ2v) is 7.41. The Bertz CT molecular complexity index is 671. The fourth-order valence-corrected chi connectivity index (χ4v) is 3.93. The van der Waals surface area contributed by atoms with Crippen LogP contribution in [0.5, 0.6) is 0 Å². The fraction of sp³-hybridized carbons (Fsp3) is 0.421. The van der Waals surface area contributed by atoms with Crippen molar-refractivity contribution >= 4 is 17.4 Å². The van der Waals surface area contributed by atoms with Crippen molar-refractivity contribution in [3.05, 3.63) is 57.8 Å². The van der Waals surface area contributed by atoms with Gasteiger partial charge in [-0.25, -0.2) is 4.79 Å². The lowest BCUT2D eigenvalue weighted by Crippen LogP contribution is -2.49. The summed E-state index contributed by atoms with van der Waals surface area (Å²) in [5.41, 5.74) is 4.06. The molecule has 2 aromatic rings. The summed E-state index contributed by atoms with van der Waals surface area (Å²) in [6.07, 6.45) is 1.85. The van der Waals surface area contributed by atoms with E-state index in [9.17, 15) is 4.79 Å². The number of carbonyl (C=O) groups excluding carboxylic acids is 1. The summed E-state index contributed by atoms with van der Waals surface area (Å²) in [5, 5.41) is 10.3. The number of thiophene rings is 1. The standard InChI is InChI=1S/C19H25N3OS/c1-14(9-15-7-8-24-13-15)21-19(23)20-11-18-10-16-5-3-4-6-17(16)12-22(18)2/h3-8,13-14,18H,9-12H2,1-2H3,(H2,20,21,23). The predicted molar refractivity (Wildman–Crippen MR) is 99.4 cm³/mol. The van der Waals surface area contributed by atoms with Crippen LogP contribution in [0.15, 0.2) is 41.1 Å². The first-order valence-corrected chi connectivity index (χ1v) is 9.38. The van der Waals surface area contributed by atoms with Gasteiger partial charge in [0.2, 0.25) is 0 Å². The molecular formula is C19H25N3OS. The van der Waals surface area contributed by atoms with E-state index in [0.717, 1.165) is 19.4 Å². The van der Waals surface area contributed by atoms with Crippen LogP contribution in [0.4, 0.5) is 4.79 Å². The first-order valence-electron chi connectivity index (χ1n) is 8.44. The van der Waals surface area contributed by atoms with E-state index in [-0.39, 0.29) is 12.1 Å². The monoisotopic (exact) mass is 343 g/mol. The van der Waals surface area contributed by atoms with Gasteiger partial charge in [0.05, 0.1) is 0 Å². The summed E-state index contributed by atoms with van der Waals surface area (Å²) in [6, 6.07) is 11.1. The third-order valence-electron chi connectivity index (χ3n) is 4.61. The molecule has 0 saturated heterocycles. The van der Waals surface area contributed by atoms with E-state index in [4.69, 9.17) is 0 Å². The third kappa shape index (κ3) is 4.36. The Morgan fingerprint density at radius 1 is 1.33 bits per heavy atom. The van der Waals surface area contributed by atoms with Gasteiger partial charge in [-0.3, -0.25) is 4.90 Å². The number of fused-ring (bicyclic) bond motifs is 1. The van der Waals surface area contributed by atoms with Gasteiger partial charge in [0.15, 0.2) is 0 Å². The van der Waals surface area contributed by atoms with Crippen LogP contribution in [0.1, 0.15) is 23.6 Å². The molecule has 2 amide bonds. The second kappa shape index (κ2) is 7.81. The topological polar surface area (TPSA) is 44.4 Å². The van der Waals surface area contributed by atoms with E-state index in [0.29, 0.717) is 12.6 Å². The first-order chi connectivity index (χ1) is 11.6. The molecule has 1 aromatic carbocycles. The Morgan fingerprint density at radius 2 is 2.12 bits per heavy atom. The Balaban J connectivity index is 1.46. The lowest BCUT2D eigenvalue weighted by atomic mass is 9.94. The van der Waals surface area contributed by atoms with Gasteiger partial charge in [-0.15, -0.1) is 0 Å². The molecule has 128 valence electrons. The molecular weight excluding hydrogens is 318 g/mol. The van der Waals surface area contributed by atoms with Gasteiger partial charge in [-0.1, -0.05) is 24.3 Å². The zero-order valence-electron chi connectivity index (χ0n) is 14.3. The maximum atomic E-state index is 12.1. The molecule has 2 unspecified atom stereocenters. The second-order valence-electron chi connectivity index (χ2n) is 6.63.